The fraction of sp³-hybridized carbons (Fsp3) is 0.444. The lowest BCUT2D eigenvalue weighted by molar-refractivity contribution is 0.0746. The van der Waals surface area contributed by atoms with Crippen LogP contribution in [0.3, 0.4) is 0 Å². The van der Waals surface area contributed by atoms with Gasteiger partial charge in [-0.15, -0.1) is 11.3 Å². The lowest BCUT2D eigenvalue weighted by Crippen LogP contribution is -2.34. The second-order valence-electron chi connectivity index (χ2n) is 6.00. The summed E-state index contributed by atoms with van der Waals surface area (Å²) >= 11 is 1.67. The van der Waals surface area contributed by atoms with Crippen molar-refractivity contribution in [2.45, 2.75) is 33.1 Å². The molecule has 0 atom stereocenters. The van der Waals surface area contributed by atoms with Crippen molar-refractivity contribution in [2.75, 3.05) is 13.1 Å². The van der Waals surface area contributed by atoms with Gasteiger partial charge >= 0.3 is 0 Å². The first kappa shape index (κ1) is 15.2. The smallest absolute Gasteiger partial charge is 0.255 e. The second-order valence-corrected chi connectivity index (χ2v) is 6.95. The number of hydrogen-bond donors (Lipinski definition) is 0. The van der Waals surface area contributed by atoms with Crippen LogP contribution in [0.25, 0.3) is 10.6 Å². The van der Waals surface area contributed by atoms with Gasteiger partial charge in [-0.05, 0) is 55.7 Å². The molecule has 1 aliphatic rings. The summed E-state index contributed by atoms with van der Waals surface area (Å²) in [5.41, 5.74) is 2.52. The van der Waals surface area contributed by atoms with Crippen LogP contribution in [0.15, 0.2) is 29.6 Å². The van der Waals surface area contributed by atoms with E-state index in [-0.39, 0.29) is 5.91 Å². The molecule has 0 radical (unpaired) electrons. The van der Waals surface area contributed by atoms with E-state index in [4.69, 9.17) is 0 Å². The van der Waals surface area contributed by atoms with Crippen molar-refractivity contribution in [3.05, 3.63) is 40.9 Å². The highest BCUT2D eigenvalue weighted by Gasteiger charge is 2.27. The first-order valence-corrected chi connectivity index (χ1v) is 8.87. The molecule has 0 unspecified atom stereocenters. The number of thiophene rings is 1. The molecule has 1 amide bonds. The van der Waals surface area contributed by atoms with Crippen molar-refractivity contribution in [1.29, 1.82) is 0 Å². The standard InChI is InChI=1S/C18H22N2OS/c1-3-10-20(12-14-6-7-14)18(21)15-8-9-16(19-13(15)2)17-5-4-11-22-17/h4-5,8-9,11,14H,3,6-7,10,12H2,1-2H3. The number of carbonyl (C=O) groups is 1. The van der Waals surface area contributed by atoms with Gasteiger partial charge in [-0.1, -0.05) is 13.0 Å². The predicted octanol–water partition coefficient (Wildman–Crippen LogP) is 4.38. The molecule has 1 saturated carbocycles. The molecular weight excluding hydrogens is 292 g/mol. The Hall–Kier alpha value is -1.68. The monoisotopic (exact) mass is 314 g/mol. The Bertz CT molecular complexity index is 647. The Morgan fingerprint density at radius 3 is 2.77 bits per heavy atom. The molecule has 0 spiro atoms. The third kappa shape index (κ3) is 3.38. The van der Waals surface area contributed by atoms with Crippen LogP contribution in [0.5, 0.6) is 0 Å². The lowest BCUT2D eigenvalue weighted by Gasteiger charge is -2.22. The van der Waals surface area contributed by atoms with Crippen LogP contribution in [0.2, 0.25) is 0 Å². The van der Waals surface area contributed by atoms with E-state index in [0.29, 0.717) is 5.92 Å². The van der Waals surface area contributed by atoms with E-state index in [1.165, 1.54) is 12.8 Å². The van der Waals surface area contributed by atoms with E-state index in [9.17, 15) is 4.79 Å². The predicted molar refractivity (Wildman–Crippen MR) is 91.2 cm³/mol. The van der Waals surface area contributed by atoms with Gasteiger partial charge in [0.15, 0.2) is 0 Å². The first-order chi connectivity index (χ1) is 10.7. The summed E-state index contributed by atoms with van der Waals surface area (Å²) in [6, 6.07) is 7.99. The fourth-order valence-corrected chi connectivity index (χ4v) is 3.37. The molecule has 4 heteroatoms. The van der Waals surface area contributed by atoms with Crippen molar-refractivity contribution < 1.29 is 4.79 Å². The van der Waals surface area contributed by atoms with E-state index in [2.05, 4.69) is 18.0 Å². The number of aromatic nitrogens is 1. The third-order valence-corrected chi connectivity index (χ3v) is 4.94. The van der Waals surface area contributed by atoms with E-state index in [1.807, 2.05) is 35.4 Å². The second kappa shape index (κ2) is 6.61. The zero-order valence-electron chi connectivity index (χ0n) is 13.2. The number of hydrogen-bond acceptors (Lipinski definition) is 3. The van der Waals surface area contributed by atoms with Crippen LogP contribution in [-0.2, 0) is 0 Å². The molecular formula is C18H22N2OS. The molecule has 3 rings (SSSR count). The number of pyridine rings is 1. The Kier molecular flexibility index (Phi) is 4.57. The molecule has 3 nitrogen and oxygen atoms in total. The largest absolute Gasteiger partial charge is 0.338 e. The molecule has 0 aliphatic heterocycles. The van der Waals surface area contributed by atoms with Crippen molar-refractivity contribution in [3.63, 3.8) is 0 Å². The van der Waals surface area contributed by atoms with E-state index in [0.717, 1.165) is 41.3 Å². The minimum Gasteiger partial charge on any atom is -0.338 e. The van der Waals surface area contributed by atoms with Gasteiger partial charge in [0.1, 0.15) is 0 Å². The fourth-order valence-electron chi connectivity index (χ4n) is 2.68. The number of aryl methyl sites for hydroxylation is 1. The van der Waals surface area contributed by atoms with Gasteiger partial charge in [0.25, 0.3) is 5.91 Å². The summed E-state index contributed by atoms with van der Waals surface area (Å²) in [5.74, 6) is 0.852. The molecule has 116 valence electrons. The minimum atomic E-state index is 0.136. The molecule has 0 aromatic carbocycles. The van der Waals surface area contributed by atoms with Crippen molar-refractivity contribution >= 4 is 17.2 Å². The lowest BCUT2D eigenvalue weighted by atomic mass is 10.1. The van der Waals surface area contributed by atoms with Crippen LogP contribution in [0, 0.1) is 12.8 Å². The molecule has 2 heterocycles. The molecule has 0 N–H and O–H groups in total. The molecule has 1 aliphatic carbocycles. The van der Waals surface area contributed by atoms with Crippen LogP contribution in [-0.4, -0.2) is 28.9 Å². The summed E-state index contributed by atoms with van der Waals surface area (Å²) in [6.45, 7) is 5.80. The summed E-state index contributed by atoms with van der Waals surface area (Å²) in [7, 11) is 0. The molecule has 1 fully saturated rings. The number of nitrogens with zero attached hydrogens (tertiary/aromatic N) is 2. The van der Waals surface area contributed by atoms with Crippen LogP contribution < -0.4 is 0 Å². The number of rotatable bonds is 6. The Morgan fingerprint density at radius 1 is 1.36 bits per heavy atom. The highest BCUT2D eigenvalue weighted by atomic mass is 32.1. The van der Waals surface area contributed by atoms with Crippen LogP contribution in [0.4, 0.5) is 0 Å². The zero-order chi connectivity index (χ0) is 15.5. The SMILES string of the molecule is CCCN(CC1CC1)C(=O)c1ccc(-c2cccs2)nc1C. The Morgan fingerprint density at radius 2 is 2.18 bits per heavy atom. The van der Waals surface area contributed by atoms with Gasteiger partial charge in [-0.3, -0.25) is 9.78 Å². The average Bonchev–Trinajstić information content (AvgIpc) is 3.16. The topological polar surface area (TPSA) is 33.2 Å². The molecule has 2 aromatic rings. The number of amides is 1. The van der Waals surface area contributed by atoms with Gasteiger partial charge in [-0.2, -0.15) is 0 Å². The highest BCUT2D eigenvalue weighted by Crippen LogP contribution is 2.30. The minimum absolute atomic E-state index is 0.136. The highest BCUT2D eigenvalue weighted by molar-refractivity contribution is 7.13. The molecule has 0 saturated heterocycles. The maximum atomic E-state index is 12.8. The van der Waals surface area contributed by atoms with E-state index < -0.39 is 0 Å². The van der Waals surface area contributed by atoms with E-state index in [1.54, 1.807) is 11.3 Å². The third-order valence-electron chi connectivity index (χ3n) is 4.05. The Labute approximate surface area is 136 Å². The Balaban J connectivity index is 1.81. The number of carbonyl (C=O) groups excluding carboxylic acids is 1. The quantitative estimate of drug-likeness (QED) is 0.792. The van der Waals surface area contributed by atoms with E-state index >= 15 is 0 Å². The van der Waals surface area contributed by atoms with Crippen LogP contribution in [0.1, 0.15) is 42.2 Å². The van der Waals surface area contributed by atoms with Gasteiger partial charge in [0.05, 0.1) is 21.8 Å². The molecule has 22 heavy (non-hydrogen) atoms. The van der Waals surface area contributed by atoms with Gasteiger partial charge in [0, 0.05) is 13.1 Å². The van der Waals surface area contributed by atoms with Crippen molar-refractivity contribution in [3.8, 4) is 10.6 Å². The zero-order valence-corrected chi connectivity index (χ0v) is 14.0. The normalized spacial score (nSPS) is 14.1. The maximum absolute atomic E-state index is 12.8. The van der Waals surface area contributed by atoms with Gasteiger partial charge in [0.2, 0.25) is 0 Å². The summed E-state index contributed by atoms with van der Waals surface area (Å²) < 4.78 is 0. The molecule has 0 bridgehead atoms. The molecule has 2 aromatic heterocycles. The van der Waals surface area contributed by atoms with Gasteiger partial charge < -0.3 is 4.90 Å². The first-order valence-electron chi connectivity index (χ1n) is 8.00. The summed E-state index contributed by atoms with van der Waals surface area (Å²) in [4.78, 5) is 20.6. The van der Waals surface area contributed by atoms with Crippen molar-refractivity contribution in [1.82, 2.24) is 9.88 Å². The van der Waals surface area contributed by atoms with Gasteiger partial charge in [-0.25, -0.2) is 0 Å². The van der Waals surface area contributed by atoms with Crippen molar-refractivity contribution in [2.24, 2.45) is 5.92 Å². The average molecular weight is 314 g/mol. The summed E-state index contributed by atoms with van der Waals surface area (Å²) in [5, 5.41) is 2.05. The van der Waals surface area contributed by atoms with Crippen LogP contribution >= 0.6 is 11.3 Å². The summed E-state index contributed by atoms with van der Waals surface area (Å²) in [6.07, 6.45) is 3.53. The maximum Gasteiger partial charge on any atom is 0.255 e.